The van der Waals surface area contributed by atoms with Gasteiger partial charge in [-0.25, -0.2) is 13.5 Å². The SMILES string of the molecule is CON(C)C(=O)c1cccc(S(=O)(=O)N(C)C2CCCCC2)c1. The second kappa shape index (κ2) is 7.42. The van der Waals surface area contributed by atoms with E-state index < -0.39 is 10.0 Å². The van der Waals surface area contributed by atoms with Crippen molar-refractivity contribution < 1.29 is 18.0 Å². The van der Waals surface area contributed by atoms with Crippen molar-refractivity contribution >= 4 is 15.9 Å². The van der Waals surface area contributed by atoms with Crippen molar-refractivity contribution in [3.05, 3.63) is 29.8 Å². The molecule has 128 valence electrons. The number of nitrogens with zero attached hydrogens (tertiary/aromatic N) is 2. The molecule has 23 heavy (non-hydrogen) atoms. The molecule has 0 unspecified atom stereocenters. The highest BCUT2D eigenvalue weighted by atomic mass is 32.2. The Morgan fingerprint density at radius 1 is 1.17 bits per heavy atom. The molecule has 0 bridgehead atoms. The molecule has 0 aromatic heterocycles. The maximum absolute atomic E-state index is 12.8. The Balaban J connectivity index is 2.27. The van der Waals surface area contributed by atoms with Crippen LogP contribution in [0.1, 0.15) is 42.5 Å². The van der Waals surface area contributed by atoms with Gasteiger partial charge in [0.25, 0.3) is 5.91 Å². The zero-order valence-electron chi connectivity index (χ0n) is 13.9. The van der Waals surface area contributed by atoms with Crippen molar-refractivity contribution in [1.82, 2.24) is 9.37 Å². The Bertz CT molecular complexity index is 654. The Labute approximate surface area is 138 Å². The van der Waals surface area contributed by atoms with Gasteiger partial charge < -0.3 is 0 Å². The molecular formula is C16H24N2O4S. The third kappa shape index (κ3) is 3.91. The summed E-state index contributed by atoms with van der Waals surface area (Å²) in [6.07, 6.45) is 5.06. The van der Waals surface area contributed by atoms with Crippen molar-refractivity contribution in [3.8, 4) is 0 Å². The molecule has 0 radical (unpaired) electrons. The van der Waals surface area contributed by atoms with Crippen LogP contribution >= 0.6 is 0 Å². The fraction of sp³-hybridized carbons (Fsp3) is 0.562. The Morgan fingerprint density at radius 2 is 1.83 bits per heavy atom. The number of amides is 1. The molecule has 2 rings (SSSR count). The smallest absolute Gasteiger partial charge is 0.274 e. The molecule has 0 atom stereocenters. The fourth-order valence-electron chi connectivity index (χ4n) is 2.86. The molecule has 7 heteroatoms. The van der Waals surface area contributed by atoms with Gasteiger partial charge in [-0.05, 0) is 31.0 Å². The third-order valence-electron chi connectivity index (χ3n) is 4.41. The number of hydrogen-bond acceptors (Lipinski definition) is 4. The Hall–Kier alpha value is -1.44. The van der Waals surface area contributed by atoms with Crippen LogP contribution in [-0.4, -0.2) is 50.9 Å². The summed E-state index contributed by atoms with van der Waals surface area (Å²) in [5, 5.41) is 1.07. The number of rotatable bonds is 5. The number of carbonyl (C=O) groups excluding carboxylic acids is 1. The molecular weight excluding hydrogens is 316 g/mol. The minimum Gasteiger partial charge on any atom is -0.274 e. The lowest BCUT2D eigenvalue weighted by molar-refractivity contribution is -0.0757. The highest BCUT2D eigenvalue weighted by Crippen LogP contribution is 2.26. The minimum absolute atomic E-state index is 0.0368. The van der Waals surface area contributed by atoms with Crippen molar-refractivity contribution in [2.75, 3.05) is 21.2 Å². The van der Waals surface area contributed by atoms with Crippen LogP contribution in [0.3, 0.4) is 0 Å². The zero-order chi connectivity index (χ0) is 17.0. The molecule has 0 aliphatic heterocycles. The first kappa shape index (κ1) is 17.9. The van der Waals surface area contributed by atoms with Crippen LogP contribution in [0.5, 0.6) is 0 Å². The van der Waals surface area contributed by atoms with Crippen molar-refractivity contribution in [3.63, 3.8) is 0 Å². The van der Waals surface area contributed by atoms with Crippen LogP contribution in [0.15, 0.2) is 29.2 Å². The number of hydrogen-bond donors (Lipinski definition) is 0. The van der Waals surface area contributed by atoms with E-state index in [4.69, 9.17) is 4.84 Å². The van der Waals surface area contributed by atoms with E-state index in [-0.39, 0.29) is 22.4 Å². The van der Waals surface area contributed by atoms with E-state index in [0.29, 0.717) is 0 Å². The molecule has 6 nitrogen and oxygen atoms in total. The fourth-order valence-corrected chi connectivity index (χ4v) is 4.32. The molecule has 1 fully saturated rings. The number of sulfonamides is 1. The normalized spacial score (nSPS) is 16.5. The monoisotopic (exact) mass is 340 g/mol. The second-order valence-corrected chi connectivity index (χ2v) is 7.82. The van der Waals surface area contributed by atoms with Crippen molar-refractivity contribution in [2.45, 2.75) is 43.0 Å². The maximum Gasteiger partial charge on any atom is 0.277 e. The maximum atomic E-state index is 12.8. The van der Waals surface area contributed by atoms with Gasteiger partial charge in [-0.1, -0.05) is 25.3 Å². The molecule has 0 spiro atoms. The minimum atomic E-state index is -3.61. The van der Waals surface area contributed by atoms with Gasteiger partial charge in [0.1, 0.15) is 0 Å². The second-order valence-electron chi connectivity index (χ2n) is 5.83. The largest absolute Gasteiger partial charge is 0.277 e. The highest BCUT2D eigenvalue weighted by Gasteiger charge is 2.29. The third-order valence-corrected chi connectivity index (χ3v) is 6.31. The first-order chi connectivity index (χ1) is 10.9. The molecule has 1 aromatic carbocycles. The number of carbonyl (C=O) groups is 1. The highest BCUT2D eigenvalue weighted by molar-refractivity contribution is 7.89. The van der Waals surface area contributed by atoms with Gasteiger partial charge in [0, 0.05) is 25.7 Å². The molecule has 1 aliphatic rings. The van der Waals surface area contributed by atoms with E-state index in [1.165, 1.54) is 30.6 Å². The summed E-state index contributed by atoms with van der Waals surface area (Å²) in [5.74, 6) is -0.384. The summed E-state index contributed by atoms with van der Waals surface area (Å²) in [6.45, 7) is 0. The van der Waals surface area contributed by atoms with E-state index in [1.54, 1.807) is 19.2 Å². The summed E-state index contributed by atoms with van der Waals surface area (Å²) < 4.78 is 27.1. The standard InChI is InChI=1S/C16H24N2O4S/c1-17(22-3)16(19)13-8-7-11-15(12-13)23(20,21)18(2)14-9-5-4-6-10-14/h7-8,11-12,14H,4-6,9-10H2,1-3H3. The van der Waals surface area contributed by atoms with Crippen LogP contribution in [-0.2, 0) is 14.9 Å². The van der Waals surface area contributed by atoms with Gasteiger partial charge in [0.2, 0.25) is 10.0 Å². The predicted molar refractivity (Wildman–Crippen MR) is 87.4 cm³/mol. The Morgan fingerprint density at radius 3 is 2.43 bits per heavy atom. The predicted octanol–water partition coefficient (Wildman–Crippen LogP) is 2.27. The lowest BCUT2D eigenvalue weighted by atomic mass is 9.96. The van der Waals surface area contributed by atoms with Crippen LogP contribution in [0.2, 0.25) is 0 Å². The van der Waals surface area contributed by atoms with Crippen LogP contribution in [0, 0.1) is 0 Å². The van der Waals surface area contributed by atoms with E-state index in [0.717, 1.165) is 37.2 Å². The average molecular weight is 340 g/mol. The molecule has 1 aromatic rings. The van der Waals surface area contributed by atoms with Gasteiger partial charge in [-0.15, -0.1) is 0 Å². The first-order valence-electron chi connectivity index (χ1n) is 7.78. The lowest BCUT2D eigenvalue weighted by Crippen LogP contribution is -2.38. The molecule has 0 heterocycles. The van der Waals surface area contributed by atoms with Gasteiger partial charge in [0.15, 0.2) is 0 Å². The summed E-state index contributed by atoms with van der Waals surface area (Å²) in [4.78, 5) is 17.1. The first-order valence-corrected chi connectivity index (χ1v) is 9.22. The molecule has 1 saturated carbocycles. The van der Waals surface area contributed by atoms with Crippen LogP contribution < -0.4 is 0 Å². The van der Waals surface area contributed by atoms with E-state index in [1.807, 2.05) is 0 Å². The Kier molecular flexibility index (Phi) is 5.78. The summed E-state index contributed by atoms with van der Waals surface area (Å²) >= 11 is 0. The van der Waals surface area contributed by atoms with E-state index >= 15 is 0 Å². The van der Waals surface area contributed by atoms with Crippen molar-refractivity contribution in [2.24, 2.45) is 0 Å². The lowest BCUT2D eigenvalue weighted by Gasteiger charge is -2.30. The van der Waals surface area contributed by atoms with Gasteiger partial charge in [-0.2, -0.15) is 4.31 Å². The number of hydroxylamine groups is 2. The molecule has 0 saturated heterocycles. The van der Waals surface area contributed by atoms with Gasteiger partial charge in [0.05, 0.1) is 12.0 Å². The zero-order valence-corrected chi connectivity index (χ0v) is 14.7. The summed E-state index contributed by atoms with van der Waals surface area (Å²) in [6, 6.07) is 6.13. The van der Waals surface area contributed by atoms with Crippen LogP contribution in [0.25, 0.3) is 0 Å². The van der Waals surface area contributed by atoms with E-state index in [9.17, 15) is 13.2 Å². The molecule has 0 N–H and O–H groups in total. The van der Waals surface area contributed by atoms with Gasteiger partial charge >= 0.3 is 0 Å². The van der Waals surface area contributed by atoms with Crippen molar-refractivity contribution in [1.29, 1.82) is 0 Å². The quantitative estimate of drug-likeness (QED) is 0.771. The van der Waals surface area contributed by atoms with Crippen LogP contribution in [0.4, 0.5) is 0 Å². The molecule has 1 amide bonds. The summed E-state index contributed by atoms with van der Waals surface area (Å²) in [5.41, 5.74) is 0.285. The summed E-state index contributed by atoms with van der Waals surface area (Å²) in [7, 11) is 0.889. The van der Waals surface area contributed by atoms with E-state index in [2.05, 4.69) is 0 Å². The molecule has 1 aliphatic carbocycles. The number of benzene rings is 1. The topological polar surface area (TPSA) is 66.9 Å². The van der Waals surface area contributed by atoms with Gasteiger partial charge in [-0.3, -0.25) is 9.63 Å². The average Bonchev–Trinajstić information content (AvgIpc) is 2.60.